The van der Waals surface area contributed by atoms with Gasteiger partial charge in [-0.1, -0.05) is 18.0 Å². The van der Waals surface area contributed by atoms with E-state index >= 15 is 0 Å². The van der Waals surface area contributed by atoms with Gasteiger partial charge in [0.05, 0.1) is 5.54 Å². The third-order valence-corrected chi connectivity index (χ3v) is 3.99. The second-order valence-electron chi connectivity index (χ2n) is 5.35. The lowest BCUT2D eigenvalue weighted by atomic mass is 9.99. The van der Waals surface area contributed by atoms with Gasteiger partial charge in [0.2, 0.25) is 6.79 Å². The molecule has 4 rings (SSSR count). The van der Waals surface area contributed by atoms with E-state index in [2.05, 4.69) is 10.1 Å². The minimum absolute atomic E-state index is 0.250. The van der Waals surface area contributed by atoms with Gasteiger partial charge < -0.3 is 19.7 Å². The molecule has 2 N–H and O–H groups in total. The van der Waals surface area contributed by atoms with Crippen LogP contribution in [-0.4, -0.2) is 16.9 Å². The number of hydrogen-bond donors (Lipinski definition) is 1. The van der Waals surface area contributed by atoms with Gasteiger partial charge in [-0.3, -0.25) is 0 Å². The first-order valence-electron chi connectivity index (χ1n) is 6.78. The summed E-state index contributed by atoms with van der Waals surface area (Å²) in [6, 6.07) is 5.56. The Morgan fingerprint density at radius 1 is 1.10 bits per heavy atom. The van der Waals surface area contributed by atoms with Gasteiger partial charge in [-0.05, 0) is 31.0 Å². The predicted molar refractivity (Wildman–Crippen MR) is 70.2 cm³/mol. The lowest BCUT2D eigenvalue weighted by molar-refractivity contribution is 0.174. The molecule has 20 heavy (non-hydrogen) atoms. The topological polar surface area (TPSA) is 83.4 Å². The molecule has 0 unspecified atom stereocenters. The summed E-state index contributed by atoms with van der Waals surface area (Å²) in [7, 11) is 0. The number of rotatable bonds is 2. The van der Waals surface area contributed by atoms with E-state index in [9.17, 15) is 0 Å². The molecule has 1 saturated carbocycles. The molecule has 0 amide bonds. The summed E-state index contributed by atoms with van der Waals surface area (Å²) in [5.41, 5.74) is 6.71. The van der Waals surface area contributed by atoms with Crippen molar-refractivity contribution in [3.05, 3.63) is 24.0 Å². The van der Waals surface area contributed by atoms with Crippen molar-refractivity contribution >= 4 is 0 Å². The molecule has 0 radical (unpaired) electrons. The van der Waals surface area contributed by atoms with E-state index in [0.717, 1.165) is 37.0 Å². The van der Waals surface area contributed by atoms with Crippen molar-refractivity contribution in [3.8, 4) is 23.0 Å². The SMILES string of the molecule is NC1(c2noc(-c3ccc4c(c3)OCO4)n2)CCCC1. The molecule has 2 aromatic rings. The van der Waals surface area contributed by atoms with E-state index in [1.807, 2.05) is 18.2 Å². The molecular formula is C14H15N3O3. The van der Waals surface area contributed by atoms with E-state index in [1.165, 1.54) is 0 Å². The van der Waals surface area contributed by atoms with Gasteiger partial charge >= 0.3 is 0 Å². The quantitative estimate of drug-likeness (QED) is 0.903. The average molecular weight is 273 g/mol. The van der Waals surface area contributed by atoms with Crippen molar-refractivity contribution < 1.29 is 14.0 Å². The molecule has 1 aromatic carbocycles. The molecule has 6 heteroatoms. The fraction of sp³-hybridized carbons (Fsp3) is 0.429. The highest BCUT2D eigenvalue weighted by Crippen LogP contribution is 2.38. The Balaban J connectivity index is 1.68. The lowest BCUT2D eigenvalue weighted by Crippen LogP contribution is -2.34. The van der Waals surface area contributed by atoms with Crippen LogP contribution in [-0.2, 0) is 5.54 Å². The van der Waals surface area contributed by atoms with Crippen LogP contribution in [0.3, 0.4) is 0 Å². The first kappa shape index (κ1) is 11.7. The van der Waals surface area contributed by atoms with Gasteiger partial charge in [0.25, 0.3) is 5.89 Å². The predicted octanol–water partition coefficient (Wildman–Crippen LogP) is 2.19. The number of nitrogens with two attached hydrogens (primary N) is 1. The maximum atomic E-state index is 6.33. The van der Waals surface area contributed by atoms with Crippen molar-refractivity contribution in [2.75, 3.05) is 6.79 Å². The summed E-state index contributed by atoms with van der Waals surface area (Å²) >= 11 is 0. The Kier molecular flexibility index (Phi) is 2.47. The van der Waals surface area contributed by atoms with Crippen LogP contribution in [0, 0.1) is 0 Å². The number of aromatic nitrogens is 2. The second kappa shape index (κ2) is 4.21. The van der Waals surface area contributed by atoms with E-state index in [4.69, 9.17) is 19.7 Å². The van der Waals surface area contributed by atoms with Crippen LogP contribution in [0.1, 0.15) is 31.5 Å². The van der Waals surface area contributed by atoms with Crippen molar-refractivity contribution in [1.29, 1.82) is 0 Å². The average Bonchev–Trinajstić information content (AvgIpc) is 3.18. The first-order chi connectivity index (χ1) is 9.74. The highest BCUT2D eigenvalue weighted by Gasteiger charge is 2.36. The molecule has 6 nitrogen and oxygen atoms in total. The lowest BCUT2D eigenvalue weighted by Gasteiger charge is -2.17. The highest BCUT2D eigenvalue weighted by atomic mass is 16.7. The third kappa shape index (κ3) is 1.76. The van der Waals surface area contributed by atoms with Crippen LogP contribution in [0.2, 0.25) is 0 Å². The standard InChI is InChI=1S/C14H15N3O3/c15-14(5-1-2-6-14)13-16-12(20-17-13)9-3-4-10-11(7-9)19-8-18-10/h3-4,7H,1-2,5-6,8,15H2. The molecule has 1 fully saturated rings. The second-order valence-corrected chi connectivity index (χ2v) is 5.35. The zero-order valence-corrected chi connectivity index (χ0v) is 11.0. The Bertz CT molecular complexity index is 647. The van der Waals surface area contributed by atoms with Crippen molar-refractivity contribution in [2.45, 2.75) is 31.2 Å². The van der Waals surface area contributed by atoms with E-state index in [-0.39, 0.29) is 6.79 Å². The summed E-state index contributed by atoms with van der Waals surface area (Å²) in [5, 5.41) is 4.06. The number of benzene rings is 1. The highest BCUT2D eigenvalue weighted by molar-refractivity contribution is 5.60. The van der Waals surface area contributed by atoms with Crippen molar-refractivity contribution in [2.24, 2.45) is 5.73 Å². The summed E-state index contributed by atoms with van der Waals surface area (Å²) in [6.07, 6.45) is 4.05. The van der Waals surface area contributed by atoms with E-state index in [0.29, 0.717) is 17.5 Å². The van der Waals surface area contributed by atoms with Crippen molar-refractivity contribution in [3.63, 3.8) is 0 Å². The van der Waals surface area contributed by atoms with Crippen LogP contribution >= 0.6 is 0 Å². The normalized spacial score (nSPS) is 19.4. The fourth-order valence-electron chi connectivity index (χ4n) is 2.80. The summed E-state index contributed by atoms with van der Waals surface area (Å²) in [4.78, 5) is 4.46. The minimum Gasteiger partial charge on any atom is -0.454 e. The monoisotopic (exact) mass is 273 g/mol. The number of fused-ring (bicyclic) bond motifs is 1. The van der Waals surface area contributed by atoms with Gasteiger partial charge in [0.1, 0.15) is 0 Å². The number of nitrogens with zero attached hydrogens (tertiary/aromatic N) is 2. The minimum atomic E-state index is -0.432. The van der Waals surface area contributed by atoms with Gasteiger partial charge in [-0.2, -0.15) is 4.98 Å². The van der Waals surface area contributed by atoms with Gasteiger partial charge in [0.15, 0.2) is 17.3 Å². The molecule has 1 aliphatic heterocycles. The van der Waals surface area contributed by atoms with E-state index < -0.39 is 5.54 Å². The van der Waals surface area contributed by atoms with Gasteiger partial charge in [-0.15, -0.1) is 0 Å². The van der Waals surface area contributed by atoms with Crippen LogP contribution in [0.15, 0.2) is 22.7 Å². The maximum absolute atomic E-state index is 6.33. The Hall–Kier alpha value is -2.08. The maximum Gasteiger partial charge on any atom is 0.258 e. The molecule has 0 atom stereocenters. The molecular weight excluding hydrogens is 258 g/mol. The zero-order chi connectivity index (χ0) is 13.6. The Labute approximate surface area is 115 Å². The van der Waals surface area contributed by atoms with Crippen molar-refractivity contribution in [1.82, 2.24) is 10.1 Å². The van der Waals surface area contributed by atoms with Gasteiger partial charge in [0, 0.05) is 5.56 Å². The number of hydrogen-bond acceptors (Lipinski definition) is 6. The molecule has 104 valence electrons. The molecule has 2 heterocycles. The van der Waals surface area contributed by atoms with Crippen LogP contribution in [0.4, 0.5) is 0 Å². The molecule has 0 spiro atoms. The molecule has 0 bridgehead atoms. The Morgan fingerprint density at radius 3 is 2.75 bits per heavy atom. The molecule has 2 aliphatic rings. The van der Waals surface area contributed by atoms with Gasteiger partial charge in [-0.25, -0.2) is 0 Å². The summed E-state index contributed by atoms with van der Waals surface area (Å²) in [6.45, 7) is 0.250. The molecule has 0 saturated heterocycles. The molecule has 1 aromatic heterocycles. The Morgan fingerprint density at radius 2 is 1.90 bits per heavy atom. The first-order valence-corrected chi connectivity index (χ1v) is 6.78. The smallest absolute Gasteiger partial charge is 0.258 e. The van der Waals surface area contributed by atoms with Crippen LogP contribution < -0.4 is 15.2 Å². The van der Waals surface area contributed by atoms with E-state index in [1.54, 1.807) is 0 Å². The number of ether oxygens (including phenoxy) is 2. The molecule has 1 aliphatic carbocycles. The zero-order valence-electron chi connectivity index (χ0n) is 11.0. The summed E-state index contributed by atoms with van der Waals surface area (Å²) < 4.78 is 16.0. The van der Waals surface area contributed by atoms with Crippen LogP contribution in [0.25, 0.3) is 11.5 Å². The summed E-state index contributed by atoms with van der Waals surface area (Å²) in [5.74, 6) is 2.50. The third-order valence-electron chi connectivity index (χ3n) is 3.99. The van der Waals surface area contributed by atoms with Crippen LogP contribution in [0.5, 0.6) is 11.5 Å². The largest absolute Gasteiger partial charge is 0.454 e. The fourth-order valence-corrected chi connectivity index (χ4v) is 2.80.